The fourth-order valence-electron chi connectivity index (χ4n) is 1.27. The number of urea groups is 1. The highest BCUT2D eigenvalue weighted by Gasteiger charge is 2.15. The molecule has 19 heavy (non-hydrogen) atoms. The van der Waals surface area contributed by atoms with Crippen LogP contribution in [0.25, 0.3) is 0 Å². The number of carbonyl (C=O) groups excluding carboxylic acids is 1. The third-order valence-corrected chi connectivity index (χ3v) is 3.53. The topological polar surface area (TPSA) is 75.7 Å². The van der Waals surface area contributed by atoms with Crippen molar-refractivity contribution in [2.24, 2.45) is 0 Å². The second-order valence-electron chi connectivity index (χ2n) is 3.85. The van der Waals surface area contributed by atoms with Gasteiger partial charge in [0.1, 0.15) is 5.75 Å². The number of nitrogens with one attached hydrogen (secondary N) is 1. The molecule has 0 saturated carbocycles. The molecule has 0 atom stereocenters. The Balaban J connectivity index is 3.19. The van der Waals surface area contributed by atoms with E-state index >= 15 is 0 Å². The Morgan fingerprint density at radius 2 is 2.05 bits per heavy atom. The minimum absolute atomic E-state index is 0.105. The van der Waals surface area contributed by atoms with Gasteiger partial charge in [0.25, 0.3) is 9.05 Å². The molecule has 0 aromatic heterocycles. The number of nitrogens with zero attached hydrogens (tertiary/aromatic N) is 1. The summed E-state index contributed by atoms with van der Waals surface area (Å²) >= 11 is 0. The molecule has 0 heterocycles. The second-order valence-corrected chi connectivity index (χ2v) is 6.42. The third-order valence-electron chi connectivity index (χ3n) is 2.18. The van der Waals surface area contributed by atoms with Crippen molar-refractivity contribution >= 4 is 31.5 Å². The van der Waals surface area contributed by atoms with Crippen molar-refractivity contribution in [1.82, 2.24) is 4.90 Å². The van der Waals surface area contributed by atoms with Crippen molar-refractivity contribution in [2.75, 3.05) is 26.0 Å². The van der Waals surface area contributed by atoms with Gasteiger partial charge < -0.3 is 15.0 Å². The molecule has 0 bridgehead atoms. The number of carbonyl (C=O) groups is 1. The van der Waals surface area contributed by atoms with Crippen molar-refractivity contribution in [3.05, 3.63) is 18.2 Å². The second kappa shape index (κ2) is 6.12. The Morgan fingerprint density at radius 3 is 2.53 bits per heavy atom. The number of hydrogen-bond acceptors (Lipinski definition) is 4. The van der Waals surface area contributed by atoms with Gasteiger partial charge in [0, 0.05) is 24.8 Å². The van der Waals surface area contributed by atoms with Crippen LogP contribution in [0.3, 0.4) is 0 Å². The molecule has 0 unspecified atom stereocenters. The Kier molecular flexibility index (Phi) is 5.02. The minimum Gasteiger partial charge on any atom is -0.492 e. The van der Waals surface area contributed by atoms with Crippen LogP contribution >= 0.6 is 10.7 Å². The molecule has 8 heteroatoms. The van der Waals surface area contributed by atoms with E-state index in [1.165, 1.54) is 23.1 Å². The van der Waals surface area contributed by atoms with Crippen LogP contribution in [-0.2, 0) is 9.05 Å². The van der Waals surface area contributed by atoms with Crippen LogP contribution < -0.4 is 10.1 Å². The van der Waals surface area contributed by atoms with Gasteiger partial charge in [-0.2, -0.15) is 0 Å². The summed E-state index contributed by atoms with van der Waals surface area (Å²) in [6.45, 7) is 2.17. The van der Waals surface area contributed by atoms with E-state index in [9.17, 15) is 13.2 Å². The molecule has 0 fully saturated rings. The summed E-state index contributed by atoms with van der Waals surface area (Å²) in [5.74, 6) is 0.377. The lowest BCUT2D eigenvalue weighted by Crippen LogP contribution is -2.27. The summed E-state index contributed by atoms with van der Waals surface area (Å²) in [5.41, 5.74) is 0.252. The monoisotopic (exact) mass is 306 g/mol. The molecule has 1 aromatic rings. The van der Waals surface area contributed by atoms with E-state index < -0.39 is 15.1 Å². The molecule has 0 saturated heterocycles. The predicted molar refractivity (Wildman–Crippen MR) is 73.4 cm³/mol. The summed E-state index contributed by atoms with van der Waals surface area (Å²) in [6, 6.07) is 3.63. The number of anilines is 1. The van der Waals surface area contributed by atoms with Gasteiger partial charge in [0.2, 0.25) is 0 Å². The first-order chi connectivity index (χ1) is 8.75. The van der Waals surface area contributed by atoms with E-state index in [4.69, 9.17) is 15.4 Å². The quantitative estimate of drug-likeness (QED) is 0.864. The van der Waals surface area contributed by atoms with Gasteiger partial charge in [0.15, 0.2) is 0 Å². The number of benzene rings is 1. The maximum Gasteiger partial charge on any atom is 0.321 e. The Labute approximate surface area is 116 Å². The number of amides is 2. The number of ether oxygens (including phenoxy) is 1. The zero-order valence-electron chi connectivity index (χ0n) is 10.8. The first-order valence-electron chi connectivity index (χ1n) is 5.45. The van der Waals surface area contributed by atoms with E-state index in [1.54, 1.807) is 21.0 Å². The molecule has 1 N–H and O–H groups in total. The van der Waals surface area contributed by atoms with Gasteiger partial charge in [-0.3, -0.25) is 0 Å². The Morgan fingerprint density at radius 1 is 1.42 bits per heavy atom. The molecule has 0 aliphatic carbocycles. The third kappa shape index (κ3) is 4.29. The molecular formula is C11H15ClN2O4S. The van der Waals surface area contributed by atoms with Crippen LogP contribution in [0, 0.1) is 0 Å². The highest BCUT2D eigenvalue weighted by atomic mass is 35.7. The van der Waals surface area contributed by atoms with Crippen molar-refractivity contribution in [3.63, 3.8) is 0 Å². The highest BCUT2D eigenvalue weighted by Crippen LogP contribution is 2.29. The molecule has 0 aliphatic heterocycles. The molecule has 0 aliphatic rings. The minimum atomic E-state index is -3.86. The number of halogens is 1. The molecule has 0 radical (unpaired) electrons. The molecule has 1 rings (SSSR count). The highest BCUT2D eigenvalue weighted by molar-refractivity contribution is 8.13. The summed E-state index contributed by atoms with van der Waals surface area (Å²) < 4.78 is 27.9. The predicted octanol–water partition coefficient (Wildman–Crippen LogP) is 2.11. The SMILES string of the molecule is CCOc1ccc(S(=O)(=O)Cl)cc1NC(=O)N(C)C. The smallest absolute Gasteiger partial charge is 0.321 e. The van der Waals surface area contributed by atoms with Crippen LogP contribution in [0.1, 0.15) is 6.92 Å². The van der Waals surface area contributed by atoms with Crippen LogP contribution in [0.4, 0.5) is 10.5 Å². The normalized spacial score (nSPS) is 10.9. The van der Waals surface area contributed by atoms with Crippen LogP contribution in [0.2, 0.25) is 0 Å². The Bertz CT molecular complexity index is 572. The zero-order chi connectivity index (χ0) is 14.6. The summed E-state index contributed by atoms with van der Waals surface area (Å²) in [4.78, 5) is 12.8. The van der Waals surface area contributed by atoms with Crippen molar-refractivity contribution in [1.29, 1.82) is 0 Å². The van der Waals surface area contributed by atoms with Gasteiger partial charge >= 0.3 is 6.03 Å². The summed E-state index contributed by atoms with van der Waals surface area (Å²) in [5, 5.41) is 2.55. The average molecular weight is 307 g/mol. The average Bonchev–Trinajstić information content (AvgIpc) is 2.30. The van der Waals surface area contributed by atoms with Crippen molar-refractivity contribution in [2.45, 2.75) is 11.8 Å². The lowest BCUT2D eigenvalue weighted by atomic mass is 10.3. The van der Waals surface area contributed by atoms with E-state index in [0.717, 1.165) is 0 Å². The first kappa shape index (κ1) is 15.6. The van der Waals surface area contributed by atoms with E-state index in [0.29, 0.717) is 12.4 Å². The number of rotatable bonds is 4. The van der Waals surface area contributed by atoms with Crippen LogP contribution in [0.15, 0.2) is 23.1 Å². The molecule has 1 aromatic carbocycles. The van der Waals surface area contributed by atoms with Crippen LogP contribution in [0.5, 0.6) is 5.75 Å². The van der Waals surface area contributed by atoms with E-state index in [1.807, 2.05) is 0 Å². The Hall–Kier alpha value is -1.47. The van der Waals surface area contributed by atoms with Gasteiger partial charge in [-0.05, 0) is 25.1 Å². The first-order valence-corrected chi connectivity index (χ1v) is 7.76. The lowest BCUT2D eigenvalue weighted by molar-refractivity contribution is 0.230. The van der Waals surface area contributed by atoms with Crippen molar-refractivity contribution < 1.29 is 17.9 Å². The van der Waals surface area contributed by atoms with Crippen molar-refractivity contribution in [3.8, 4) is 5.75 Å². The van der Waals surface area contributed by atoms with Gasteiger partial charge in [-0.1, -0.05) is 0 Å². The molecule has 0 spiro atoms. The maximum absolute atomic E-state index is 11.6. The largest absolute Gasteiger partial charge is 0.492 e. The summed E-state index contributed by atoms with van der Waals surface area (Å²) in [6.07, 6.45) is 0. The van der Waals surface area contributed by atoms with E-state index in [2.05, 4.69) is 5.32 Å². The van der Waals surface area contributed by atoms with Crippen LogP contribution in [-0.4, -0.2) is 40.1 Å². The fourth-order valence-corrected chi connectivity index (χ4v) is 2.04. The molecular weight excluding hydrogens is 292 g/mol. The van der Waals surface area contributed by atoms with Gasteiger partial charge in [-0.25, -0.2) is 13.2 Å². The standard InChI is InChI=1S/C11H15ClN2O4S/c1-4-18-10-6-5-8(19(12,16)17)7-9(10)13-11(15)14(2)3/h5-7H,4H2,1-3H3,(H,13,15). The summed E-state index contributed by atoms with van der Waals surface area (Å²) in [7, 11) is 4.54. The fraction of sp³-hybridized carbons (Fsp3) is 0.364. The zero-order valence-corrected chi connectivity index (χ0v) is 12.4. The molecule has 2 amide bonds. The van der Waals surface area contributed by atoms with Gasteiger partial charge in [0.05, 0.1) is 17.2 Å². The van der Waals surface area contributed by atoms with E-state index in [-0.39, 0.29) is 10.6 Å². The number of hydrogen-bond donors (Lipinski definition) is 1. The lowest BCUT2D eigenvalue weighted by Gasteiger charge is -2.15. The maximum atomic E-state index is 11.6. The molecule has 6 nitrogen and oxygen atoms in total. The van der Waals surface area contributed by atoms with Gasteiger partial charge in [-0.15, -0.1) is 0 Å². The molecule has 106 valence electrons.